The Hall–Kier alpha value is -2.23. The minimum absolute atomic E-state index is 0.0871. The van der Waals surface area contributed by atoms with Crippen LogP contribution < -0.4 is 10.7 Å². The zero-order chi connectivity index (χ0) is 11.7. The number of amides is 1. The summed E-state index contributed by atoms with van der Waals surface area (Å²) in [4.78, 5) is 12.0. The van der Waals surface area contributed by atoms with Crippen molar-refractivity contribution in [2.75, 3.05) is 17.3 Å². The van der Waals surface area contributed by atoms with E-state index in [0.717, 1.165) is 18.7 Å². The van der Waals surface area contributed by atoms with Crippen LogP contribution in [0.4, 0.5) is 5.69 Å². The molecule has 0 unspecified atom stereocenters. The predicted molar refractivity (Wildman–Crippen MR) is 66.8 cm³/mol. The lowest BCUT2D eigenvalue weighted by Gasteiger charge is -2.07. The van der Waals surface area contributed by atoms with Gasteiger partial charge in [0.05, 0.1) is 0 Å². The van der Waals surface area contributed by atoms with Gasteiger partial charge in [0.2, 0.25) is 0 Å². The Morgan fingerprint density at radius 2 is 2.12 bits per heavy atom. The number of nitrogens with one attached hydrogen (secondary N) is 2. The fraction of sp³-hybridized carbons (Fsp3) is 0.154. The first-order valence-electron chi connectivity index (χ1n) is 5.64. The molecule has 1 aliphatic rings. The van der Waals surface area contributed by atoms with Crippen molar-refractivity contribution < 1.29 is 4.79 Å². The van der Waals surface area contributed by atoms with Crippen LogP contribution in [-0.2, 0) is 6.42 Å². The van der Waals surface area contributed by atoms with E-state index in [9.17, 15) is 4.79 Å². The van der Waals surface area contributed by atoms with Crippen LogP contribution in [0.3, 0.4) is 0 Å². The highest BCUT2D eigenvalue weighted by molar-refractivity contribution is 6.00. The second-order valence-corrected chi connectivity index (χ2v) is 4.08. The summed E-state index contributed by atoms with van der Waals surface area (Å²) in [5.41, 5.74) is 5.84. The quantitative estimate of drug-likeness (QED) is 0.822. The lowest BCUT2D eigenvalue weighted by Crippen LogP contribution is -2.21. The van der Waals surface area contributed by atoms with Gasteiger partial charge < -0.3 is 5.32 Å². The van der Waals surface area contributed by atoms with Gasteiger partial charge in [0.15, 0.2) is 0 Å². The van der Waals surface area contributed by atoms with Gasteiger partial charge in [-0.2, -0.15) is 0 Å². The molecular formula is C13H13N3O. The number of fused-ring (bicyclic) bond motifs is 1. The summed E-state index contributed by atoms with van der Waals surface area (Å²) in [6, 6.07) is 9.50. The first kappa shape index (κ1) is 9.96. The summed E-state index contributed by atoms with van der Waals surface area (Å²) >= 11 is 0. The minimum atomic E-state index is -0.0871. The first-order valence-corrected chi connectivity index (χ1v) is 5.64. The van der Waals surface area contributed by atoms with Gasteiger partial charge in [0.1, 0.15) is 0 Å². The summed E-state index contributed by atoms with van der Waals surface area (Å²) in [5.74, 6) is -0.0871. The molecule has 1 aromatic carbocycles. The lowest BCUT2D eigenvalue weighted by molar-refractivity contribution is 0.101. The van der Waals surface area contributed by atoms with Crippen LogP contribution in [0, 0.1) is 0 Å². The monoisotopic (exact) mass is 227 g/mol. The molecule has 4 heteroatoms. The first-order chi connectivity index (χ1) is 8.33. The molecule has 1 aliphatic heterocycles. The van der Waals surface area contributed by atoms with Crippen molar-refractivity contribution in [1.82, 2.24) is 4.68 Å². The van der Waals surface area contributed by atoms with Crippen LogP contribution in [-0.4, -0.2) is 17.1 Å². The van der Waals surface area contributed by atoms with E-state index in [-0.39, 0.29) is 5.91 Å². The summed E-state index contributed by atoms with van der Waals surface area (Å²) in [7, 11) is 0. The molecule has 17 heavy (non-hydrogen) atoms. The molecule has 0 aliphatic carbocycles. The van der Waals surface area contributed by atoms with Crippen molar-refractivity contribution >= 4 is 11.6 Å². The molecule has 0 radical (unpaired) electrons. The topological polar surface area (TPSA) is 46.1 Å². The molecule has 4 nitrogen and oxygen atoms in total. The number of carbonyl (C=O) groups excluding carboxylic acids is 1. The van der Waals surface area contributed by atoms with Gasteiger partial charge >= 0.3 is 0 Å². The maximum absolute atomic E-state index is 12.0. The summed E-state index contributed by atoms with van der Waals surface area (Å²) in [6.45, 7) is 0.956. The lowest BCUT2D eigenvalue weighted by atomic mass is 10.1. The van der Waals surface area contributed by atoms with Crippen molar-refractivity contribution in [2.45, 2.75) is 6.42 Å². The maximum Gasteiger partial charge on any atom is 0.270 e. The van der Waals surface area contributed by atoms with Gasteiger partial charge in [-0.3, -0.25) is 14.9 Å². The number of carbonyl (C=O) groups is 1. The van der Waals surface area contributed by atoms with Crippen LogP contribution in [0.15, 0.2) is 42.7 Å². The molecule has 3 rings (SSSR count). The number of nitrogens with zero attached hydrogens (tertiary/aromatic N) is 1. The van der Waals surface area contributed by atoms with Gasteiger partial charge in [-0.1, -0.05) is 0 Å². The molecule has 2 aromatic rings. The van der Waals surface area contributed by atoms with Crippen LogP contribution in [0.1, 0.15) is 15.9 Å². The van der Waals surface area contributed by atoms with Gasteiger partial charge in [0, 0.05) is 30.2 Å². The van der Waals surface area contributed by atoms with Crippen LogP contribution in [0.5, 0.6) is 0 Å². The largest absolute Gasteiger partial charge is 0.384 e. The Bertz CT molecular complexity index is 546. The van der Waals surface area contributed by atoms with Crippen molar-refractivity contribution in [3.63, 3.8) is 0 Å². The van der Waals surface area contributed by atoms with E-state index in [1.165, 1.54) is 5.56 Å². The normalized spacial score (nSPS) is 12.9. The highest BCUT2D eigenvalue weighted by Crippen LogP contribution is 2.22. The van der Waals surface area contributed by atoms with Crippen molar-refractivity contribution in [3.05, 3.63) is 53.9 Å². The maximum atomic E-state index is 12.0. The third kappa shape index (κ3) is 1.89. The summed E-state index contributed by atoms with van der Waals surface area (Å²) in [6.07, 6.45) is 4.58. The van der Waals surface area contributed by atoms with Crippen LogP contribution >= 0.6 is 0 Å². The third-order valence-corrected chi connectivity index (χ3v) is 2.91. The molecule has 2 heterocycles. The number of rotatable bonds is 2. The number of anilines is 1. The molecule has 1 aromatic heterocycles. The van der Waals surface area contributed by atoms with Crippen LogP contribution in [0.2, 0.25) is 0 Å². The van der Waals surface area contributed by atoms with E-state index in [1.807, 2.05) is 30.3 Å². The van der Waals surface area contributed by atoms with Gasteiger partial charge in [-0.05, 0) is 42.3 Å². The van der Waals surface area contributed by atoms with Crippen molar-refractivity contribution in [1.29, 1.82) is 0 Å². The number of aromatic nitrogens is 1. The average Bonchev–Trinajstić information content (AvgIpc) is 2.97. The smallest absolute Gasteiger partial charge is 0.270 e. The standard InChI is InChI=1S/C13H13N3O/c17-13(15-16-7-1-2-8-16)11-3-4-12-10(9-11)5-6-14-12/h1-4,7-9,14H,5-6H2,(H,15,17). The van der Waals surface area contributed by atoms with E-state index in [1.54, 1.807) is 17.1 Å². The number of benzene rings is 1. The fourth-order valence-corrected chi connectivity index (χ4v) is 2.04. The van der Waals surface area contributed by atoms with Crippen molar-refractivity contribution in [3.8, 4) is 0 Å². The Balaban J connectivity index is 1.82. The Morgan fingerprint density at radius 1 is 1.29 bits per heavy atom. The molecule has 0 spiro atoms. The predicted octanol–water partition coefficient (Wildman–Crippen LogP) is 1.84. The van der Waals surface area contributed by atoms with Crippen molar-refractivity contribution in [2.24, 2.45) is 0 Å². The Labute approximate surface area is 99.2 Å². The molecule has 0 saturated heterocycles. The van der Waals surface area contributed by atoms with E-state index in [0.29, 0.717) is 5.56 Å². The van der Waals surface area contributed by atoms with E-state index in [4.69, 9.17) is 0 Å². The molecule has 1 amide bonds. The van der Waals surface area contributed by atoms with Crippen LogP contribution in [0.25, 0.3) is 0 Å². The number of hydrogen-bond donors (Lipinski definition) is 2. The zero-order valence-corrected chi connectivity index (χ0v) is 9.31. The zero-order valence-electron chi connectivity index (χ0n) is 9.31. The molecule has 2 N–H and O–H groups in total. The summed E-state index contributed by atoms with van der Waals surface area (Å²) in [5, 5.41) is 3.27. The third-order valence-electron chi connectivity index (χ3n) is 2.91. The Morgan fingerprint density at radius 3 is 2.94 bits per heavy atom. The van der Waals surface area contributed by atoms with E-state index < -0.39 is 0 Å². The molecule has 86 valence electrons. The Kier molecular flexibility index (Phi) is 2.33. The van der Waals surface area contributed by atoms with Gasteiger partial charge in [0.25, 0.3) is 5.91 Å². The molecule has 0 saturated carbocycles. The number of hydrogen-bond acceptors (Lipinski definition) is 2. The minimum Gasteiger partial charge on any atom is -0.384 e. The van der Waals surface area contributed by atoms with Gasteiger partial charge in [-0.15, -0.1) is 0 Å². The molecular weight excluding hydrogens is 214 g/mol. The molecule has 0 fully saturated rings. The van der Waals surface area contributed by atoms with E-state index >= 15 is 0 Å². The SMILES string of the molecule is O=C(Nn1cccc1)c1ccc2c(c1)CCN2. The van der Waals surface area contributed by atoms with Gasteiger partial charge in [-0.25, -0.2) is 0 Å². The molecule has 0 bridgehead atoms. The second kappa shape index (κ2) is 3.97. The average molecular weight is 227 g/mol. The highest BCUT2D eigenvalue weighted by atomic mass is 16.2. The summed E-state index contributed by atoms with van der Waals surface area (Å²) < 4.78 is 1.65. The second-order valence-electron chi connectivity index (χ2n) is 4.08. The van der Waals surface area contributed by atoms with E-state index in [2.05, 4.69) is 10.7 Å². The molecule has 0 atom stereocenters. The highest BCUT2D eigenvalue weighted by Gasteiger charge is 2.13. The fourth-order valence-electron chi connectivity index (χ4n) is 2.04.